The second-order valence-electron chi connectivity index (χ2n) is 8.67. The first-order valence-electron chi connectivity index (χ1n) is 11.1. The fourth-order valence-corrected chi connectivity index (χ4v) is 4.94. The Balaban J connectivity index is 1.57. The van der Waals surface area contributed by atoms with Crippen molar-refractivity contribution in [3.05, 3.63) is 42.0 Å². The topological polar surface area (TPSA) is 29.5 Å². The van der Waals surface area contributed by atoms with E-state index in [0.29, 0.717) is 11.7 Å². The minimum Gasteiger partial charge on any atom is -0.497 e. The van der Waals surface area contributed by atoms with Gasteiger partial charge in [-0.1, -0.05) is 44.4 Å². The molecule has 4 rings (SSSR count). The molecule has 1 aliphatic carbocycles. The van der Waals surface area contributed by atoms with Crippen molar-refractivity contribution in [2.45, 2.75) is 57.9 Å². The Morgan fingerprint density at radius 2 is 1.89 bits per heavy atom. The summed E-state index contributed by atoms with van der Waals surface area (Å²) in [4.78, 5) is 16.2. The lowest BCUT2D eigenvalue weighted by Gasteiger charge is -2.45. The van der Waals surface area contributed by atoms with Crippen LogP contribution in [0.5, 0.6) is 5.75 Å². The van der Waals surface area contributed by atoms with Gasteiger partial charge in [0.05, 0.1) is 7.11 Å². The lowest BCUT2D eigenvalue weighted by atomic mass is 9.76. The van der Waals surface area contributed by atoms with Gasteiger partial charge in [-0.3, -0.25) is 9.69 Å². The Morgan fingerprint density at radius 3 is 2.61 bits per heavy atom. The molecular formula is C25H33NO2. The van der Waals surface area contributed by atoms with E-state index in [2.05, 4.69) is 30.0 Å². The van der Waals surface area contributed by atoms with E-state index in [1.807, 2.05) is 18.2 Å². The highest BCUT2D eigenvalue weighted by atomic mass is 16.5. The molecule has 0 aromatic heterocycles. The molecule has 0 unspecified atom stereocenters. The van der Waals surface area contributed by atoms with E-state index in [-0.39, 0.29) is 5.92 Å². The number of ether oxygens (including phenoxy) is 1. The van der Waals surface area contributed by atoms with Gasteiger partial charge in [-0.25, -0.2) is 0 Å². The van der Waals surface area contributed by atoms with Crippen molar-refractivity contribution in [3.63, 3.8) is 0 Å². The SMILES string of the molecule is CCCC[C@H]1CCN(C2CCC2)C[C@@H]1C(=O)c1ccc2cc(OC)ccc2c1. The normalized spacial score (nSPS) is 23.5. The Bertz CT molecular complexity index is 826. The summed E-state index contributed by atoms with van der Waals surface area (Å²) in [6, 6.07) is 13.0. The van der Waals surface area contributed by atoms with E-state index in [1.165, 1.54) is 51.5 Å². The van der Waals surface area contributed by atoms with Crippen molar-refractivity contribution in [3.8, 4) is 5.75 Å². The maximum absolute atomic E-state index is 13.6. The van der Waals surface area contributed by atoms with Gasteiger partial charge >= 0.3 is 0 Å². The van der Waals surface area contributed by atoms with Crippen LogP contribution >= 0.6 is 0 Å². The van der Waals surface area contributed by atoms with E-state index < -0.39 is 0 Å². The van der Waals surface area contributed by atoms with Crippen molar-refractivity contribution < 1.29 is 9.53 Å². The number of unbranched alkanes of at least 4 members (excludes halogenated alkanes) is 1. The van der Waals surface area contributed by atoms with Crippen LogP contribution in [0.1, 0.15) is 62.2 Å². The van der Waals surface area contributed by atoms with Crippen molar-refractivity contribution in [2.24, 2.45) is 11.8 Å². The summed E-state index contributed by atoms with van der Waals surface area (Å²) in [5.74, 6) is 1.89. The van der Waals surface area contributed by atoms with Crippen LogP contribution in [0.25, 0.3) is 10.8 Å². The molecular weight excluding hydrogens is 346 g/mol. The predicted octanol–water partition coefficient (Wildman–Crippen LogP) is 5.71. The number of hydrogen-bond acceptors (Lipinski definition) is 3. The molecule has 0 amide bonds. The van der Waals surface area contributed by atoms with Gasteiger partial charge in [0.1, 0.15) is 5.75 Å². The highest BCUT2D eigenvalue weighted by Gasteiger charge is 2.37. The monoisotopic (exact) mass is 379 g/mol. The highest BCUT2D eigenvalue weighted by molar-refractivity contribution is 6.01. The van der Waals surface area contributed by atoms with Crippen molar-refractivity contribution in [1.82, 2.24) is 4.90 Å². The molecule has 28 heavy (non-hydrogen) atoms. The maximum Gasteiger partial charge on any atom is 0.167 e. The molecule has 150 valence electrons. The number of carbonyl (C=O) groups is 1. The molecule has 1 heterocycles. The standard InChI is InChI=1S/C25H33NO2/c1-3-4-6-18-13-14-26(22-7-5-8-22)17-24(18)25(27)21-10-9-20-16-23(28-2)12-11-19(20)15-21/h9-12,15-16,18,22,24H,3-8,13-14,17H2,1-2H3/t18-,24-/m0/s1. The number of likely N-dealkylation sites (tertiary alicyclic amines) is 1. The van der Waals surface area contributed by atoms with Crippen LogP contribution in [0.2, 0.25) is 0 Å². The van der Waals surface area contributed by atoms with Crippen LogP contribution in [0, 0.1) is 11.8 Å². The van der Waals surface area contributed by atoms with Gasteiger partial charge in [-0.2, -0.15) is 0 Å². The van der Waals surface area contributed by atoms with Gasteiger partial charge in [0.15, 0.2) is 5.78 Å². The molecule has 0 N–H and O–H groups in total. The molecule has 2 aliphatic rings. The van der Waals surface area contributed by atoms with E-state index in [4.69, 9.17) is 4.74 Å². The zero-order chi connectivity index (χ0) is 19.5. The molecule has 0 radical (unpaired) electrons. The number of carbonyl (C=O) groups excluding carboxylic acids is 1. The molecule has 2 fully saturated rings. The number of nitrogens with zero attached hydrogens (tertiary/aromatic N) is 1. The quantitative estimate of drug-likeness (QED) is 0.577. The number of fused-ring (bicyclic) bond motifs is 1. The molecule has 3 heteroatoms. The number of methoxy groups -OCH3 is 1. The van der Waals surface area contributed by atoms with E-state index in [1.54, 1.807) is 7.11 Å². The highest BCUT2D eigenvalue weighted by Crippen LogP contribution is 2.36. The third kappa shape index (κ3) is 3.96. The number of rotatable bonds is 7. The van der Waals surface area contributed by atoms with Crippen LogP contribution in [0.15, 0.2) is 36.4 Å². The van der Waals surface area contributed by atoms with E-state index >= 15 is 0 Å². The molecule has 3 nitrogen and oxygen atoms in total. The Morgan fingerprint density at radius 1 is 1.11 bits per heavy atom. The second-order valence-corrected chi connectivity index (χ2v) is 8.67. The van der Waals surface area contributed by atoms with Crippen LogP contribution in [-0.2, 0) is 0 Å². The lowest BCUT2D eigenvalue weighted by molar-refractivity contribution is 0.0387. The summed E-state index contributed by atoms with van der Waals surface area (Å²) in [5.41, 5.74) is 0.875. The minimum absolute atomic E-state index is 0.150. The van der Waals surface area contributed by atoms with Crippen molar-refractivity contribution >= 4 is 16.6 Å². The van der Waals surface area contributed by atoms with Gasteiger partial charge in [0, 0.05) is 24.1 Å². The van der Waals surface area contributed by atoms with E-state index in [0.717, 1.165) is 34.7 Å². The summed E-state index contributed by atoms with van der Waals surface area (Å²) >= 11 is 0. The van der Waals surface area contributed by atoms with Crippen LogP contribution < -0.4 is 4.74 Å². The third-order valence-corrected chi connectivity index (χ3v) is 6.98. The Hall–Kier alpha value is -1.87. The zero-order valence-corrected chi connectivity index (χ0v) is 17.3. The third-order valence-electron chi connectivity index (χ3n) is 6.98. The van der Waals surface area contributed by atoms with Gasteiger partial charge in [0.2, 0.25) is 0 Å². The first-order chi connectivity index (χ1) is 13.7. The second kappa shape index (κ2) is 8.65. The Labute approximate surface area is 169 Å². The van der Waals surface area contributed by atoms with Crippen LogP contribution in [0.3, 0.4) is 0 Å². The number of Topliss-reactive ketones (excluding diaryl/α,β-unsaturated/α-hetero) is 1. The molecule has 2 aromatic carbocycles. The fourth-order valence-electron chi connectivity index (χ4n) is 4.94. The average Bonchev–Trinajstić information content (AvgIpc) is 2.70. The number of ketones is 1. The van der Waals surface area contributed by atoms with Crippen molar-refractivity contribution in [1.29, 1.82) is 0 Å². The summed E-state index contributed by atoms with van der Waals surface area (Å²) < 4.78 is 5.32. The van der Waals surface area contributed by atoms with Gasteiger partial charge in [-0.15, -0.1) is 0 Å². The molecule has 1 aliphatic heterocycles. The fraction of sp³-hybridized carbons (Fsp3) is 0.560. The number of piperidine rings is 1. The summed E-state index contributed by atoms with van der Waals surface area (Å²) in [5, 5.41) is 2.24. The zero-order valence-electron chi connectivity index (χ0n) is 17.3. The van der Waals surface area contributed by atoms with E-state index in [9.17, 15) is 4.79 Å². The summed E-state index contributed by atoms with van der Waals surface area (Å²) in [6.45, 7) is 4.39. The average molecular weight is 380 g/mol. The lowest BCUT2D eigenvalue weighted by Crippen LogP contribution is -2.50. The van der Waals surface area contributed by atoms with Crippen LogP contribution in [0.4, 0.5) is 0 Å². The molecule has 0 spiro atoms. The Kier molecular flexibility index (Phi) is 6.01. The molecule has 0 bridgehead atoms. The molecule has 2 atom stereocenters. The predicted molar refractivity (Wildman–Crippen MR) is 115 cm³/mol. The smallest absolute Gasteiger partial charge is 0.167 e. The molecule has 2 aromatic rings. The number of hydrogen-bond donors (Lipinski definition) is 0. The van der Waals surface area contributed by atoms with Crippen molar-refractivity contribution in [2.75, 3.05) is 20.2 Å². The maximum atomic E-state index is 13.6. The van der Waals surface area contributed by atoms with Gasteiger partial charge in [-0.05, 0) is 67.1 Å². The first kappa shape index (κ1) is 19.4. The van der Waals surface area contributed by atoms with Crippen LogP contribution in [-0.4, -0.2) is 36.9 Å². The minimum atomic E-state index is 0.150. The molecule has 1 saturated carbocycles. The first-order valence-corrected chi connectivity index (χ1v) is 11.1. The number of benzene rings is 2. The van der Waals surface area contributed by atoms with Gasteiger partial charge in [0.25, 0.3) is 0 Å². The molecule has 1 saturated heterocycles. The largest absolute Gasteiger partial charge is 0.497 e. The summed E-state index contributed by atoms with van der Waals surface area (Å²) in [7, 11) is 1.69. The van der Waals surface area contributed by atoms with Gasteiger partial charge < -0.3 is 4.74 Å². The summed E-state index contributed by atoms with van der Waals surface area (Å²) in [6.07, 6.45) is 8.80.